The Balaban J connectivity index is 1.66. The minimum absolute atomic E-state index is 0.0125. The van der Waals surface area contributed by atoms with Crippen LogP contribution in [0.15, 0.2) is 98.6 Å². The van der Waals surface area contributed by atoms with Crippen molar-refractivity contribution in [1.29, 1.82) is 0 Å². The maximum absolute atomic E-state index is 12.8. The first kappa shape index (κ1) is 30.6. The Labute approximate surface area is 240 Å². The molecule has 0 spiro atoms. The summed E-state index contributed by atoms with van der Waals surface area (Å²) in [5, 5.41) is 0. The van der Waals surface area contributed by atoms with Gasteiger partial charge in [-0.15, -0.1) is 0 Å². The van der Waals surface area contributed by atoms with Crippen LogP contribution in [0.3, 0.4) is 0 Å². The summed E-state index contributed by atoms with van der Waals surface area (Å²) in [5.74, 6) is -3.32. The maximum atomic E-state index is 12.8. The number of carbonyl (C=O) groups is 5. The van der Waals surface area contributed by atoms with Crippen molar-refractivity contribution in [3.05, 3.63) is 115 Å². The molecule has 0 radical (unpaired) electrons. The van der Waals surface area contributed by atoms with E-state index in [0.717, 1.165) is 18.2 Å². The highest BCUT2D eigenvalue weighted by atomic mass is 16.7. The second kappa shape index (κ2) is 14.4. The zero-order chi connectivity index (χ0) is 30.6. The first-order valence-electron chi connectivity index (χ1n) is 12.0. The van der Waals surface area contributed by atoms with E-state index in [4.69, 9.17) is 28.4 Å². The highest BCUT2D eigenvalue weighted by molar-refractivity contribution is 5.93. The molecule has 3 aromatic carbocycles. The van der Waals surface area contributed by atoms with Crippen LogP contribution >= 0.6 is 0 Å². The standard InChI is InChI=1S/C31H24O11/c1-5-27(32)38-18-37-22-11-8-20(9-12-22)30(35)39-23-13-15-24(19(4)16-23)42-31(36)21-10-14-25(40-28(33)6-2)26(17-21)41-29(34)7-3/h5-17H,1-3,18H2,4H3. The molecule has 0 aromatic heterocycles. The molecule has 0 N–H and O–H groups in total. The molecule has 0 aliphatic rings. The number of ether oxygens (including phenoxy) is 6. The van der Waals surface area contributed by atoms with Crippen molar-refractivity contribution in [2.75, 3.05) is 6.79 Å². The summed E-state index contributed by atoms with van der Waals surface area (Å²) in [6.45, 7) is 11.2. The zero-order valence-corrected chi connectivity index (χ0v) is 22.3. The predicted octanol–water partition coefficient (Wildman–Crippen LogP) is 4.68. The molecule has 11 nitrogen and oxygen atoms in total. The van der Waals surface area contributed by atoms with Crippen LogP contribution in [0.4, 0.5) is 0 Å². The second-order valence-electron chi connectivity index (χ2n) is 8.07. The summed E-state index contributed by atoms with van der Waals surface area (Å²) in [6.07, 6.45) is 2.83. The van der Waals surface area contributed by atoms with Crippen LogP contribution in [0.25, 0.3) is 0 Å². The third kappa shape index (κ3) is 8.52. The van der Waals surface area contributed by atoms with Gasteiger partial charge < -0.3 is 28.4 Å². The fraction of sp³-hybridized carbons (Fsp3) is 0.0645. The van der Waals surface area contributed by atoms with E-state index in [9.17, 15) is 24.0 Å². The van der Waals surface area contributed by atoms with Gasteiger partial charge in [0.15, 0.2) is 11.5 Å². The van der Waals surface area contributed by atoms with Crippen molar-refractivity contribution in [1.82, 2.24) is 0 Å². The maximum Gasteiger partial charge on any atom is 0.343 e. The summed E-state index contributed by atoms with van der Waals surface area (Å²) in [4.78, 5) is 59.7. The number of aryl methyl sites for hydroxylation is 1. The molecule has 3 aromatic rings. The van der Waals surface area contributed by atoms with Crippen molar-refractivity contribution in [2.45, 2.75) is 6.92 Å². The van der Waals surface area contributed by atoms with Gasteiger partial charge in [0.05, 0.1) is 11.1 Å². The normalized spacial score (nSPS) is 9.93. The summed E-state index contributed by atoms with van der Waals surface area (Å²) < 4.78 is 30.9. The molecule has 0 aliphatic heterocycles. The Kier molecular flexibility index (Phi) is 10.5. The molecule has 11 heteroatoms. The molecular formula is C31H24O11. The number of hydrogen-bond acceptors (Lipinski definition) is 11. The average molecular weight is 573 g/mol. The Morgan fingerprint density at radius 1 is 0.595 bits per heavy atom. The highest BCUT2D eigenvalue weighted by Gasteiger charge is 2.18. The third-order valence-corrected chi connectivity index (χ3v) is 5.18. The third-order valence-electron chi connectivity index (χ3n) is 5.18. The fourth-order valence-corrected chi connectivity index (χ4v) is 3.13. The minimum Gasteiger partial charge on any atom is -0.457 e. The number of benzene rings is 3. The van der Waals surface area contributed by atoms with Gasteiger partial charge in [-0.2, -0.15) is 0 Å². The van der Waals surface area contributed by atoms with Crippen molar-refractivity contribution in [3.63, 3.8) is 0 Å². The van der Waals surface area contributed by atoms with Crippen molar-refractivity contribution in [3.8, 4) is 28.7 Å². The summed E-state index contributed by atoms with van der Waals surface area (Å²) in [7, 11) is 0. The van der Waals surface area contributed by atoms with Crippen LogP contribution in [-0.4, -0.2) is 36.6 Å². The lowest BCUT2D eigenvalue weighted by Gasteiger charge is -2.12. The fourth-order valence-electron chi connectivity index (χ4n) is 3.13. The number of carbonyl (C=O) groups excluding carboxylic acids is 5. The lowest BCUT2D eigenvalue weighted by atomic mass is 10.2. The lowest BCUT2D eigenvalue weighted by Crippen LogP contribution is -2.13. The molecule has 0 aliphatic carbocycles. The van der Waals surface area contributed by atoms with Gasteiger partial charge >= 0.3 is 29.8 Å². The van der Waals surface area contributed by atoms with Gasteiger partial charge in [0.1, 0.15) is 17.2 Å². The van der Waals surface area contributed by atoms with Crippen LogP contribution in [0.2, 0.25) is 0 Å². The van der Waals surface area contributed by atoms with Crippen molar-refractivity contribution < 1.29 is 52.4 Å². The second-order valence-corrected chi connectivity index (χ2v) is 8.07. The molecule has 0 atom stereocenters. The van der Waals surface area contributed by atoms with E-state index in [0.29, 0.717) is 11.3 Å². The molecule has 0 saturated carbocycles. The van der Waals surface area contributed by atoms with Gasteiger partial charge in [-0.05, 0) is 73.2 Å². The van der Waals surface area contributed by atoms with Crippen LogP contribution in [0.5, 0.6) is 28.7 Å². The highest BCUT2D eigenvalue weighted by Crippen LogP contribution is 2.31. The molecule has 214 valence electrons. The first-order chi connectivity index (χ1) is 20.1. The quantitative estimate of drug-likeness (QED) is 0.129. The summed E-state index contributed by atoms with van der Waals surface area (Å²) >= 11 is 0. The molecule has 0 saturated heterocycles. The smallest absolute Gasteiger partial charge is 0.343 e. The largest absolute Gasteiger partial charge is 0.457 e. The number of hydrogen-bond donors (Lipinski definition) is 0. The van der Waals surface area contributed by atoms with Gasteiger partial charge in [-0.1, -0.05) is 19.7 Å². The van der Waals surface area contributed by atoms with Gasteiger partial charge in [0.2, 0.25) is 6.79 Å². The summed E-state index contributed by atoms with van der Waals surface area (Å²) in [5.41, 5.74) is 0.691. The van der Waals surface area contributed by atoms with Gasteiger partial charge in [-0.25, -0.2) is 24.0 Å². The van der Waals surface area contributed by atoms with Crippen LogP contribution in [-0.2, 0) is 19.1 Å². The zero-order valence-electron chi connectivity index (χ0n) is 22.3. The molecule has 0 bridgehead atoms. The molecule has 0 fully saturated rings. The molecule has 3 rings (SSSR count). The molecule has 42 heavy (non-hydrogen) atoms. The Morgan fingerprint density at radius 3 is 1.76 bits per heavy atom. The first-order valence-corrected chi connectivity index (χ1v) is 12.0. The van der Waals surface area contributed by atoms with E-state index in [-0.39, 0.29) is 40.9 Å². The monoisotopic (exact) mass is 572 g/mol. The van der Waals surface area contributed by atoms with Crippen LogP contribution < -0.4 is 23.7 Å². The van der Waals surface area contributed by atoms with Gasteiger partial charge in [0.25, 0.3) is 0 Å². The van der Waals surface area contributed by atoms with E-state index in [1.807, 2.05) is 0 Å². The Hall–Kier alpha value is -5.97. The number of esters is 5. The van der Waals surface area contributed by atoms with Crippen LogP contribution in [0, 0.1) is 6.92 Å². The molecule has 0 unspecified atom stereocenters. The predicted molar refractivity (Wildman–Crippen MR) is 147 cm³/mol. The lowest BCUT2D eigenvalue weighted by molar-refractivity contribution is -0.144. The molecule has 0 heterocycles. The van der Waals surface area contributed by atoms with Crippen molar-refractivity contribution >= 4 is 29.8 Å². The van der Waals surface area contributed by atoms with E-state index < -0.39 is 29.8 Å². The average Bonchev–Trinajstić information content (AvgIpc) is 2.99. The Bertz CT molecular complexity index is 1550. The van der Waals surface area contributed by atoms with Crippen LogP contribution in [0.1, 0.15) is 26.3 Å². The number of rotatable bonds is 12. The SMILES string of the molecule is C=CC(=O)OCOc1ccc(C(=O)Oc2ccc(OC(=O)c3ccc(OC(=O)C=C)c(OC(=O)C=C)c3)c(C)c2)cc1. The molecule has 0 amide bonds. The van der Waals surface area contributed by atoms with E-state index in [1.165, 1.54) is 60.7 Å². The molecular weight excluding hydrogens is 548 g/mol. The van der Waals surface area contributed by atoms with E-state index in [1.54, 1.807) is 6.92 Å². The van der Waals surface area contributed by atoms with Gasteiger partial charge in [-0.3, -0.25) is 0 Å². The van der Waals surface area contributed by atoms with Crippen molar-refractivity contribution in [2.24, 2.45) is 0 Å². The Morgan fingerprint density at radius 2 is 1.14 bits per heavy atom. The summed E-state index contributed by atoms with van der Waals surface area (Å²) in [6, 6.07) is 14.1. The minimum atomic E-state index is -0.840. The van der Waals surface area contributed by atoms with E-state index in [2.05, 4.69) is 19.7 Å². The van der Waals surface area contributed by atoms with E-state index >= 15 is 0 Å². The van der Waals surface area contributed by atoms with Gasteiger partial charge in [0, 0.05) is 18.2 Å². The topological polar surface area (TPSA) is 141 Å².